The van der Waals surface area contributed by atoms with Gasteiger partial charge >= 0.3 is 0 Å². The van der Waals surface area contributed by atoms with E-state index >= 15 is 0 Å². The molecule has 1 heterocycles. The summed E-state index contributed by atoms with van der Waals surface area (Å²) in [5, 5.41) is 0. The Hall–Kier alpha value is -1.14. The van der Waals surface area contributed by atoms with Gasteiger partial charge in [0.25, 0.3) is 0 Å². The summed E-state index contributed by atoms with van der Waals surface area (Å²) in [6, 6.07) is 0. The first-order valence-electron chi connectivity index (χ1n) is 7.86. The van der Waals surface area contributed by atoms with Crippen LogP contribution in [0.2, 0.25) is 0 Å². The maximum Gasteiger partial charge on any atom is 0.236 e. The van der Waals surface area contributed by atoms with E-state index in [-0.39, 0.29) is 17.2 Å². The summed E-state index contributed by atoms with van der Waals surface area (Å²) in [5.41, 5.74) is 5.89. The molecule has 0 unspecified atom stereocenters. The Kier molecular flexibility index (Phi) is 5.22. The molecule has 21 heavy (non-hydrogen) atoms. The first kappa shape index (κ1) is 16.2. The predicted molar refractivity (Wildman–Crippen MR) is 81.7 cm³/mol. The van der Waals surface area contributed by atoms with E-state index in [1.54, 1.807) is 0 Å². The molecule has 0 atom stereocenters. The summed E-state index contributed by atoms with van der Waals surface area (Å²) in [6.45, 7) is 3.64. The highest BCUT2D eigenvalue weighted by atomic mass is 16.2. The normalized spacial score (nSPS) is 21.3. The second-order valence-electron chi connectivity index (χ2n) is 6.73. The molecular formula is C15H28N4O2. The lowest BCUT2D eigenvalue weighted by molar-refractivity contribution is -0.142. The van der Waals surface area contributed by atoms with Gasteiger partial charge in [0.05, 0.1) is 6.54 Å². The quantitative estimate of drug-likeness (QED) is 0.759. The highest BCUT2D eigenvalue weighted by molar-refractivity contribution is 5.80. The minimum absolute atomic E-state index is 0.0644. The average molecular weight is 296 g/mol. The molecule has 2 aliphatic rings. The van der Waals surface area contributed by atoms with Gasteiger partial charge in [-0.05, 0) is 38.9 Å². The van der Waals surface area contributed by atoms with Crippen molar-refractivity contribution in [3.8, 4) is 0 Å². The molecule has 1 saturated heterocycles. The fraction of sp³-hybridized carbons (Fsp3) is 0.867. The SMILES string of the molecule is CN(C)CC(=O)N1CCN(C(=O)CC2(CN)CCC2)CC1. The molecule has 2 amide bonds. The van der Waals surface area contributed by atoms with E-state index in [0.29, 0.717) is 45.7 Å². The van der Waals surface area contributed by atoms with Crippen LogP contribution in [-0.4, -0.2) is 79.9 Å². The van der Waals surface area contributed by atoms with Crippen molar-refractivity contribution in [3.05, 3.63) is 0 Å². The Morgan fingerprint density at radius 2 is 1.57 bits per heavy atom. The van der Waals surface area contributed by atoms with Gasteiger partial charge < -0.3 is 20.4 Å². The second-order valence-corrected chi connectivity index (χ2v) is 6.73. The summed E-state index contributed by atoms with van der Waals surface area (Å²) in [7, 11) is 3.78. The molecule has 0 aromatic carbocycles. The van der Waals surface area contributed by atoms with E-state index in [1.807, 2.05) is 28.8 Å². The van der Waals surface area contributed by atoms with E-state index in [2.05, 4.69) is 0 Å². The third kappa shape index (κ3) is 3.95. The van der Waals surface area contributed by atoms with Gasteiger partial charge in [-0.2, -0.15) is 0 Å². The molecule has 0 radical (unpaired) electrons. The van der Waals surface area contributed by atoms with Crippen molar-refractivity contribution in [2.24, 2.45) is 11.1 Å². The molecule has 0 aromatic rings. The summed E-state index contributed by atoms with van der Waals surface area (Å²) >= 11 is 0. The third-order valence-electron chi connectivity index (χ3n) is 4.81. The topological polar surface area (TPSA) is 69.9 Å². The number of hydrogen-bond donors (Lipinski definition) is 1. The zero-order valence-electron chi connectivity index (χ0n) is 13.3. The Morgan fingerprint density at radius 1 is 1.05 bits per heavy atom. The molecule has 0 aromatic heterocycles. The van der Waals surface area contributed by atoms with Gasteiger partial charge in [-0.25, -0.2) is 0 Å². The zero-order chi connectivity index (χ0) is 15.5. The van der Waals surface area contributed by atoms with Crippen LogP contribution in [-0.2, 0) is 9.59 Å². The van der Waals surface area contributed by atoms with Gasteiger partial charge in [0.1, 0.15) is 0 Å². The lowest BCUT2D eigenvalue weighted by atomic mass is 9.66. The fourth-order valence-corrected chi connectivity index (χ4v) is 3.14. The monoisotopic (exact) mass is 296 g/mol. The van der Waals surface area contributed by atoms with E-state index in [9.17, 15) is 9.59 Å². The van der Waals surface area contributed by atoms with Crippen LogP contribution >= 0.6 is 0 Å². The maximum absolute atomic E-state index is 12.4. The zero-order valence-corrected chi connectivity index (χ0v) is 13.3. The molecule has 120 valence electrons. The van der Waals surface area contributed by atoms with Crippen LogP contribution in [0.15, 0.2) is 0 Å². The molecule has 2 fully saturated rings. The van der Waals surface area contributed by atoms with Gasteiger partial charge in [0, 0.05) is 32.6 Å². The van der Waals surface area contributed by atoms with Gasteiger partial charge in [-0.1, -0.05) is 6.42 Å². The Labute approximate surface area is 127 Å². The van der Waals surface area contributed by atoms with Crippen LogP contribution in [0.3, 0.4) is 0 Å². The number of nitrogens with zero attached hydrogens (tertiary/aromatic N) is 3. The maximum atomic E-state index is 12.4. The Bertz CT molecular complexity index is 380. The number of piperazine rings is 1. The number of amides is 2. The van der Waals surface area contributed by atoms with E-state index in [4.69, 9.17) is 5.73 Å². The van der Waals surface area contributed by atoms with E-state index in [1.165, 1.54) is 6.42 Å². The number of likely N-dealkylation sites (N-methyl/N-ethyl adjacent to an activating group) is 1. The van der Waals surface area contributed by atoms with Crippen molar-refractivity contribution >= 4 is 11.8 Å². The fourth-order valence-electron chi connectivity index (χ4n) is 3.14. The van der Waals surface area contributed by atoms with Crippen molar-refractivity contribution in [3.63, 3.8) is 0 Å². The van der Waals surface area contributed by atoms with Gasteiger partial charge in [-0.3, -0.25) is 9.59 Å². The molecule has 0 bridgehead atoms. The van der Waals surface area contributed by atoms with E-state index < -0.39 is 0 Å². The van der Waals surface area contributed by atoms with Crippen LogP contribution in [0.1, 0.15) is 25.7 Å². The lowest BCUT2D eigenvalue weighted by Crippen LogP contribution is -2.53. The molecule has 1 aliphatic heterocycles. The van der Waals surface area contributed by atoms with Crippen LogP contribution in [0.4, 0.5) is 0 Å². The predicted octanol–water partition coefficient (Wildman–Crippen LogP) is -0.262. The smallest absolute Gasteiger partial charge is 0.236 e. The average Bonchev–Trinajstić information content (AvgIpc) is 2.42. The molecule has 2 rings (SSSR count). The van der Waals surface area contributed by atoms with Crippen molar-refractivity contribution in [1.82, 2.24) is 14.7 Å². The summed E-state index contributed by atoms with van der Waals surface area (Å²) in [6.07, 6.45) is 3.93. The number of carbonyl (C=O) groups excluding carboxylic acids is 2. The molecule has 0 spiro atoms. The highest BCUT2D eigenvalue weighted by Crippen LogP contribution is 2.43. The van der Waals surface area contributed by atoms with Gasteiger partial charge in [0.2, 0.25) is 11.8 Å². The number of rotatable bonds is 5. The summed E-state index contributed by atoms with van der Waals surface area (Å²) < 4.78 is 0. The van der Waals surface area contributed by atoms with Crippen molar-refractivity contribution < 1.29 is 9.59 Å². The summed E-state index contributed by atoms with van der Waals surface area (Å²) in [5.74, 6) is 0.351. The van der Waals surface area contributed by atoms with Crippen LogP contribution in [0.25, 0.3) is 0 Å². The number of carbonyl (C=O) groups is 2. The Morgan fingerprint density at radius 3 is 1.95 bits per heavy atom. The molecule has 2 N–H and O–H groups in total. The highest BCUT2D eigenvalue weighted by Gasteiger charge is 2.39. The van der Waals surface area contributed by atoms with Crippen molar-refractivity contribution in [1.29, 1.82) is 0 Å². The van der Waals surface area contributed by atoms with Crippen molar-refractivity contribution in [2.75, 3.05) is 53.4 Å². The largest absolute Gasteiger partial charge is 0.339 e. The minimum atomic E-state index is 0.0644. The van der Waals surface area contributed by atoms with Crippen LogP contribution in [0.5, 0.6) is 0 Å². The number of nitrogens with two attached hydrogens (primary N) is 1. The van der Waals surface area contributed by atoms with Crippen molar-refractivity contribution in [2.45, 2.75) is 25.7 Å². The first-order chi connectivity index (χ1) is 9.96. The van der Waals surface area contributed by atoms with Gasteiger partial charge in [-0.15, -0.1) is 0 Å². The third-order valence-corrected chi connectivity index (χ3v) is 4.81. The molecular weight excluding hydrogens is 268 g/mol. The molecule has 1 saturated carbocycles. The van der Waals surface area contributed by atoms with Crippen LogP contribution in [0, 0.1) is 5.41 Å². The molecule has 1 aliphatic carbocycles. The number of hydrogen-bond acceptors (Lipinski definition) is 4. The lowest BCUT2D eigenvalue weighted by Gasteiger charge is -2.43. The van der Waals surface area contributed by atoms with Gasteiger partial charge in [0.15, 0.2) is 0 Å². The first-order valence-corrected chi connectivity index (χ1v) is 7.86. The molecule has 6 heteroatoms. The second kappa shape index (κ2) is 6.75. The van der Waals surface area contributed by atoms with E-state index in [0.717, 1.165) is 12.8 Å². The standard InChI is InChI=1S/C15H28N4O2/c1-17(2)11-14(21)19-8-6-18(7-9-19)13(20)10-15(12-16)4-3-5-15/h3-12,16H2,1-2H3. The molecule has 6 nitrogen and oxygen atoms in total. The van der Waals surface area contributed by atoms with Crippen LogP contribution < -0.4 is 5.73 Å². The Balaban J connectivity index is 1.78. The summed E-state index contributed by atoms with van der Waals surface area (Å²) in [4.78, 5) is 30.0. The minimum Gasteiger partial charge on any atom is -0.339 e.